The van der Waals surface area contributed by atoms with Gasteiger partial charge < -0.3 is 10.6 Å². The molecule has 2 heterocycles. The number of carbonyl (C=O) groups is 1. The lowest BCUT2D eigenvalue weighted by molar-refractivity contribution is -0.117. The first-order valence-corrected chi connectivity index (χ1v) is 11.2. The molecular formula is C19H24N4O3S. The van der Waals surface area contributed by atoms with Crippen LogP contribution < -0.4 is 10.6 Å². The third-order valence-electron chi connectivity index (χ3n) is 5.54. The first kappa shape index (κ1) is 18.2. The number of nitrogens with one attached hydrogen (secondary N) is 2. The van der Waals surface area contributed by atoms with Gasteiger partial charge in [0.15, 0.2) is 9.84 Å². The zero-order chi connectivity index (χ0) is 19.0. The Kier molecular flexibility index (Phi) is 4.77. The van der Waals surface area contributed by atoms with Crippen LogP contribution in [0.15, 0.2) is 41.6 Å². The minimum absolute atomic E-state index is 0.0552. The number of nitrogens with zero attached hydrogens (tertiary/aromatic N) is 2. The number of amides is 1. The van der Waals surface area contributed by atoms with E-state index in [1.807, 2.05) is 0 Å². The maximum atomic E-state index is 12.6. The van der Waals surface area contributed by atoms with E-state index in [2.05, 4.69) is 15.7 Å². The van der Waals surface area contributed by atoms with Crippen LogP contribution in [0, 0.1) is 5.92 Å². The van der Waals surface area contributed by atoms with Crippen molar-refractivity contribution in [3.8, 4) is 5.69 Å². The van der Waals surface area contributed by atoms with Gasteiger partial charge in [-0.25, -0.2) is 13.1 Å². The highest BCUT2D eigenvalue weighted by Gasteiger charge is 2.38. The van der Waals surface area contributed by atoms with Crippen molar-refractivity contribution in [2.24, 2.45) is 5.92 Å². The highest BCUT2D eigenvalue weighted by atomic mass is 32.2. The molecule has 3 unspecified atom stereocenters. The van der Waals surface area contributed by atoms with Gasteiger partial charge in [0.2, 0.25) is 5.91 Å². The Morgan fingerprint density at radius 1 is 1.26 bits per heavy atom. The van der Waals surface area contributed by atoms with Crippen molar-refractivity contribution in [1.29, 1.82) is 0 Å². The first-order valence-electron chi connectivity index (χ1n) is 9.33. The smallest absolute Gasteiger partial charge is 0.241 e. The minimum atomic E-state index is -3.38. The van der Waals surface area contributed by atoms with Gasteiger partial charge in [0.25, 0.3) is 0 Å². The van der Waals surface area contributed by atoms with Gasteiger partial charge >= 0.3 is 0 Å². The Balaban J connectivity index is 1.49. The van der Waals surface area contributed by atoms with Crippen LogP contribution in [0.2, 0.25) is 0 Å². The fourth-order valence-corrected chi connectivity index (χ4v) is 5.10. The summed E-state index contributed by atoms with van der Waals surface area (Å²) in [4.78, 5) is 12.8. The Morgan fingerprint density at radius 2 is 2.04 bits per heavy atom. The minimum Gasteiger partial charge on any atom is -0.322 e. The largest absolute Gasteiger partial charge is 0.322 e. The number of hydrogen-bond donors (Lipinski definition) is 2. The molecule has 1 aromatic heterocycles. The number of fused-ring (bicyclic) bond motifs is 1. The molecule has 4 rings (SSSR count). The van der Waals surface area contributed by atoms with Gasteiger partial charge in [-0.15, -0.1) is 0 Å². The van der Waals surface area contributed by atoms with Crippen LogP contribution in [-0.4, -0.2) is 42.4 Å². The molecule has 2 N–H and O–H groups in total. The molecule has 3 atom stereocenters. The summed E-state index contributed by atoms with van der Waals surface area (Å²) in [6.07, 6.45) is 10.1. The Labute approximate surface area is 159 Å². The molecule has 1 aromatic carbocycles. The van der Waals surface area contributed by atoms with Gasteiger partial charge in [0, 0.05) is 12.3 Å². The van der Waals surface area contributed by atoms with Crippen molar-refractivity contribution in [2.45, 2.75) is 49.1 Å². The molecular weight excluding hydrogens is 364 g/mol. The van der Waals surface area contributed by atoms with Crippen molar-refractivity contribution in [1.82, 2.24) is 15.1 Å². The van der Waals surface area contributed by atoms with Gasteiger partial charge in [-0.2, -0.15) is 5.10 Å². The monoisotopic (exact) mass is 388 g/mol. The van der Waals surface area contributed by atoms with E-state index in [1.54, 1.807) is 36.7 Å². The molecule has 2 fully saturated rings. The molecule has 0 radical (unpaired) electrons. The molecule has 144 valence electrons. The standard InChI is InChI=1S/C19H24N4O3S/c1-27(25,26)18-9-5-4-8-17(18)23-12-14(11-20-23)21-19(24)16-10-13-6-2-3-7-15(13)22-16/h4-5,8-9,11-13,15-16,22H,2-3,6-7,10H2,1H3,(H,21,24). The normalized spacial score (nSPS) is 25.1. The summed E-state index contributed by atoms with van der Waals surface area (Å²) >= 11 is 0. The lowest BCUT2D eigenvalue weighted by atomic mass is 9.85. The van der Waals surface area contributed by atoms with Crippen LogP contribution in [0.3, 0.4) is 0 Å². The summed E-state index contributed by atoms with van der Waals surface area (Å²) in [6, 6.07) is 6.96. The van der Waals surface area contributed by atoms with E-state index in [4.69, 9.17) is 0 Å². The average molecular weight is 388 g/mol. The van der Waals surface area contributed by atoms with E-state index in [0.29, 0.717) is 23.3 Å². The zero-order valence-corrected chi connectivity index (χ0v) is 16.1. The number of carbonyl (C=O) groups excluding carboxylic acids is 1. The number of anilines is 1. The van der Waals surface area contributed by atoms with Crippen LogP contribution in [0.5, 0.6) is 0 Å². The summed E-state index contributed by atoms with van der Waals surface area (Å²) in [6.45, 7) is 0. The van der Waals surface area contributed by atoms with Crippen molar-refractivity contribution < 1.29 is 13.2 Å². The van der Waals surface area contributed by atoms with Crippen LogP contribution in [-0.2, 0) is 14.6 Å². The number of sulfone groups is 1. The number of benzene rings is 1. The van der Waals surface area contributed by atoms with Crippen LogP contribution in [0.25, 0.3) is 5.69 Å². The third-order valence-corrected chi connectivity index (χ3v) is 6.69. The highest BCUT2D eigenvalue weighted by Crippen LogP contribution is 2.33. The Morgan fingerprint density at radius 3 is 2.81 bits per heavy atom. The molecule has 27 heavy (non-hydrogen) atoms. The summed E-state index contributed by atoms with van der Waals surface area (Å²) in [5.74, 6) is 0.541. The maximum absolute atomic E-state index is 12.6. The SMILES string of the molecule is CS(=O)(=O)c1ccccc1-n1cc(NC(=O)C2CC3CCCCC3N2)cn1. The van der Waals surface area contributed by atoms with Gasteiger partial charge in [-0.1, -0.05) is 25.0 Å². The molecule has 1 saturated heterocycles. The molecule has 1 aliphatic carbocycles. The van der Waals surface area contributed by atoms with Gasteiger partial charge in [0.1, 0.15) is 0 Å². The Hall–Kier alpha value is -2.19. The van der Waals surface area contributed by atoms with Crippen molar-refractivity contribution in [2.75, 3.05) is 11.6 Å². The van der Waals surface area contributed by atoms with Crippen molar-refractivity contribution in [3.63, 3.8) is 0 Å². The lowest BCUT2D eigenvalue weighted by Crippen LogP contribution is -2.39. The molecule has 2 aliphatic rings. The molecule has 7 nitrogen and oxygen atoms in total. The van der Waals surface area contributed by atoms with E-state index >= 15 is 0 Å². The highest BCUT2D eigenvalue weighted by molar-refractivity contribution is 7.90. The van der Waals surface area contributed by atoms with Crippen molar-refractivity contribution >= 4 is 21.4 Å². The average Bonchev–Trinajstić information content (AvgIpc) is 3.27. The van der Waals surface area contributed by atoms with E-state index in [-0.39, 0.29) is 16.8 Å². The summed E-state index contributed by atoms with van der Waals surface area (Å²) in [5.41, 5.74) is 1.02. The Bertz CT molecular complexity index is 939. The van der Waals surface area contributed by atoms with E-state index in [0.717, 1.165) is 12.8 Å². The maximum Gasteiger partial charge on any atom is 0.241 e. The van der Waals surface area contributed by atoms with Crippen LogP contribution in [0.4, 0.5) is 5.69 Å². The zero-order valence-electron chi connectivity index (χ0n) is 15.3. The quantitative estimate of drug-likeness (QED) is 0.837. The number of rotatable bonds is 4. The predicted molar refractivity (Wildman–Crippen MR) is 103 cm³/mol. The van der Waals surface area contributed by atoms with Crippen LogP contribution >= 0.6 is 0 Å². The molecule has 8 heteroatoms. The second-order valence-corrected chi connectivity index (χ2v) is 9.49. The number of hydrogen-bond acceptors (Lipinski definition) is 5. The van der Waals surface area contributed by atoms with Gasteiger partial charge in [0.05, 0.1) is 34.7 Å². The predicted octanol–water partition coefficient (Wildman–Crippen LogP) is 2.13. The molecule has 1 amide bonds. The molecule has 1 saturated carbocycles. The first-order chi connectivity index (χ1) is 12.9. The fraction of sp³-hybridized carbons (Fsp3) is 0.474. The number of aromatic nitrogens is 2. The van der Waals surface area contributed by atoms with E-state index in [9.17, 15) is 13.2 Å². The summed E-state index contributed by atoms with van der Waals surface area (Å²) in [7, 11) is -3.38. The van der Waals surface area contributed by atoms with Crippen molar-refractivity contribution in [3.05, 3.63) is 36.7 Å². The second kappa shape index (κ2) is 7.09. The van der Waals surface area contributed by atoms with Gasteiger partial charge in [-0.05, 0) is 37.3 Å². The third kappa shape index (κ3) is 3.77. The summed E-state index contributed by atoms with van der Waals surface area (Å²) in [5, 5.41) is 10.6. The molecule has 2 aromatic rings. The summed E-state index contributed by atoms with van der Waals surface area (Å²) < 4.78 is 25.5. The van der Waals surface area contributed by atoms with E-state index < -0.39 is 9.84 Å². The number of para-hydroxylation sites is 1. The molecule has 0 bridgehead atoms. The molecule has 1 aliphatic heterocycles. The molecule has 0 spiro atoms. The lowest BCUT2D eigenvalue weighted by Gasteiger charge is -2.24. The van der Waals surface area contributed by atoms with Crippen LogP contribution in [0.1, 0.15) is 32.1 Å². The fourth-order valence-electron chi connectivity index (χ4n) is 4.23. The van der Waals surface area contributed by atoms with Gasteiger partial charge in [-0.3, -0.25) is 4.79 Å². The van der Waals surface area contributed by atoms with E-state index in [1.165, 1.54) is 30.2 Å². The second-order valence-electron chi connectivity index (χ2n) is 7.51. The topological polar surface area (TPSA) is 93.1 Å².